The molecule has 6 heteroatoms. The molecule has 0 aromatic carbocycles. The zero-order valence-electron chi connectivity index (χ0n) is 10.9. The molecule has 1 aliphatic heterocycles. The number of piperidine rings is 1. The van der Waals surface area contributed by atoms with Crippen LogP contribution in [0, 0.1) is 0 Å². The minimum Gasteiger partial charge on any atom is -0.389 e. The molecular formula is C13H18N4OS. The second-order valence-electron chi connectivity index (χ2n) is 4.56. The van der Waals surface area contributed by atoms with Crippen molar-refractivity contribution in [2.75, 3.05) is 18.5 Å². The maximum absolute atomic E-state index is 12.0. The van der Waals surface area contributed by atoms with Gasteiger partial charge in [0.2, 0.25) is 5.91 Å². The van der Waals surface area contributed by atoms with Crippen LogP contribution in [-0.4, -0.2) is 35.5 Å². The van der Waals surface area contributed by atoms with Crippen LogP contribution in [0.25, 0.3) is 0 Å². The quantitative estimate of drug-likeness (QED) is 0.801. The fraction of sp³-hybridized carbons (Fsp3) is 0.462. The largest absolute Gasteiger partial charge is 0.389 e. The van der Waals surface area contributed by atoms with Crippen molar-refractivity contribution in [1.29, 1.82) is 0 Å². The summed E-state index contributed by atoms with van der Waals surface area (Å²) in [6.45, 7) is 0.796. The van der Waals surface area contributed by atoms with Gasteiger partial charge in [0.15, 0.2) is 0 Å². The van der Waals surface area contributed by atoms with Gasteiger partial charge in [0.25, 0.3) is 0 Å². The molecule has 1 unspecified atom stereocenters. The van der Waals surface area contributed by atoms with Gasteiger partial charge >= 0.3 is 0 Å². The lowest BCUT2D eigenvalue weighted by Gasteiger charge is -2.36. The van der Waals surface area contributed by atoms with Crippen molar-refractivity contribution in [2.45, 2.75) is 25.3 Å². The molecule has 0 bridgehead atoms. The number of nitrogens with one attached hydrogen (secondary N) is 1. The molecule has 1 atom stereocenters. The first kappa shape index (κ1) is 13.7. The van der Waals surface area contributed by atoms with E-state index in [1.54, 1.807) is 19.3 Å². The number of rotatable bonds is 3. The van der Waals surface area contributed by atoms with E-state index in [1.807, 2.05) is 11.0 Å². The lowest BCUT2D eigenvalue weighted by Crippen LogP contribution is -2.49. The maximum Gasteiger partial charge on any atom is 0.242 e. The Bertz CT molecular complexity index is 491. The summed E-state index contributed by atoms with van der Waals surface area (Å²) in [4.78, 5) is 18.7. The van der Waals surface area contributed by atoms with E-state index in [2.05, 4.69) is 10.3 Å². The zero-order chi connectivity index (χ0) is 13.8. The van der Waals surface area contributed by atoms with Crippen LogP contribution in [0.15, 0.2) is 18.3 Å². The third-order valence-electron chi connectivity index (χ3n) is 3.38. The van der Waals surface area contributed by atoms with Gasteiger partial charge in [-0.05, 0) is 31.4 Å². The predicted molar refractivity (Wildman–Crippen MR) is 79.2 cm³/mol. The van der Waals surface area contributed by atoms with Crippen LogP contribution in [0.3, 0.4) is 0 Å². The highest BCUT2D eigenvalue weighted by Gasteiger charge is 2.30. The Morgan fingerprint density at radius 1 is 1.58 bits per heavy atom. The number of thiocarbonyl (C=S) groups is 1. The topological polar surface area (TPSA) is 71.2 Å². The van der Waals surface area contributed by atoms with Gasteiger partial charge in [-0.3, -0.25) is 4.79 Å². The molecule has 2 heterocycles. The number of nitrogens with zero attached hydrogens (tertiary/aromatic N) is 2. The van der Waals surface area contributed by atoms with Crippen LogP contribution in [0.1, 0.15) is 24.8 Å². The molecule has 1 saturated heterocycles. The van der Waals surface area contributed by atoms with Crippen LogP contribution < -0.4 is 16.0 Å². The number of carbonyl (C=O) groups excluding carboxylic acids is 1. The van der Waals surface area contributed by atoms with Crippen LogP contribution in [-0.2, 0) is 4.79 Å². The molecule has 1 aromatic heterocycles. The first-order chi connectivity index (χ1) is 9.15. The second kappa shape index (κ2) is 5.97. The summed E-state index contributed by atoms with van der Waals surface area (Å²) in [7, 11) is 1.65. The van der Waals surface area contributed by atoms with Crippen molar-refractivity contribution in [3.8, 4) is 0 Å². The van der Waals surface area contributed by atoms with Crippen molar-refractivity contribution in [1.82, 2.24) is 10.3 Å². The van der Waals surface area contributed by atoms with Crippen molar-refractivity contribution < 1.29 is 4.79 Å². The molecule has 19 heavy (non-hydrogen) atoms. The molecule has 1 aromatic rings. The molecule has 0 aliphatic carbocycles. The summed E-state index contributed by atoms with van der Waals surface area (Å²) >= 11 is 5.06. The van der Waals surface area contributed by atoms with E-state index in [0.717, 1.165) is 31.4 Å². The number of hydrogen-bond donors (Lipinski definition) is 2. The average molecular weight is 278 g/mol. The van der Waals surface area contributed by atoms with E-state index < -0.39 is 0 Å². The van der Waals surface area contributed by atoms with Crippen LogP contribution >= 0.6 is 12.2 Å². The lowest BCUT2D eigenvalue weighted by molar-refractivity contribution is -0.122. The summed E-state index contributed by atoms with van der Waals surface area (Å²) in [5.74, 6) is 0.725. The van der Waals surface area contributed by atoms with Gasteiger partial charge in [0.1, 0.15) is 16.8 Å². The molecule has 0 radical (unpaired) electrons. The molecule has 1 amide bonds. The van der Waals surface area contributed by atoms with Crippen molar-refractivity contribution in [2.24, 2.45) is 5.73 Å². The molecule has 102 valence electrons. The lowest BCUT2D eigenvalue weighted by atomic mass is 10.0. The average Bonchev–Trinajstić information content (AvgIpc) is 2.46. The Kier molecular flexibility index (Phi) is 4.31. The van der Waals surface area contributed by atoms with Crippen molar-refractivity contribution in [3.63, 3.8) is 0 Å². The van der Waals surface area contributed by atoms with E-state index in [1.165, 1.54) is 0 Å². The second-order valence-corrected chi connectivity index (χ2v) is 5.00. The van der Waals surface area contributed by atoms with Crippen molar-refractivity contribution in [3.05, 3.63) is 23.9 Å². The van der Waals surface area contributed by atoms with Gasteiger partial charge < -0.3 is 16.0 Å². The van der Waals surface area contributed by atoms with Gasteiger partial charge in [-0.1, -0.05) is 12.2 Å². The molecule has 0 spiro atoms. The Morgan fingerprint density at radius 2 is 2.37 bits per heavy atom. The van der Waals surface area contributed by atoms with Crippen LogP contribution in [0.4, 0.5) is 5.82 Å². The minimum absolute atomic E-state index is 0.0132. The molecule has 2 rings (SSSR count). The Labute approximate surface area is 118 Å². The van der Waals surface area contributed by atoms with E-state index in [0.29, 0.717) is 10.8 Å². The zero-order valence-corrected chi connectivity index (χ0v) is 11.7. The number of amides is 1. The number of nitrogens with two attached hydrogens (primary N) is 1. The van der Waals surface area contributed by atoms with E-state index in [9.17, 15) is 4.79 Å². The molecule has 1 aliphatic rings. The van der Waals surface area contributed by atoms with Gasteiger partial charge in [-0.25, -0.2) is 4.98 Å². The Hall–Kier alpha value is -1.69. The molecular weight excluding hydrogens is 260 g/mol. The normalized spacial score (nSPS) is 19.0. The SMILES string of the molecule is CNC(=O)C1CCCCN1c1ncccc1C(N)=S. The van der Waals surface area contributed by atoms with Gasteiger partial charge in [0.05, 0.1) is 5.56 Å². The summed E-state index contributed by atoms with van der Waals surface area (Å²) in [6.07, 6.45) is 4.62. The standard InChI is InChI=1S/C13H18N4OS/c1-15-13(18)10-6-2-3-8-17(10)12-9(11(14)19)5-4-7-16-12/h4-5,7,10H,2-3,6,8H2,1H3,(H2,14,19)(H,15,18). The number of aromatic nitrogens is 1. The van der Waals surface area contributed by atoms with Gasteiger partial charge in [-0.15, -0.1) is 0 Å². The Balaban J connectivity index is 2.37. The van der Waals surface area contributed by atoms with Gasteiger partial charge in [0, 0.05) is 19.8 Å². The van der Waals surface area contributed by atoms with Crippen LogP contribution in [0.5, 0.6) is 0 Å². The third-order valence-corrected chi connectivity index (χ3v) is 3.60. The predicted octanol–water partition coefficient (Wildman–Crippen LogP) is 0.821. The smallest absolute Gasteiger partial charge is 0.242 e. The molecule has 0 saturated carbocycles. The number of pyridine rings is 1. The van der Waals surface area contributed by atoms with E-state index >= 15 is 0 Å². The first-order valence-corrected chi connectivity index (χ1v) is 6.79. The molecule has 1 fully saturated rings. The monoisotopic (exact) mass is 278 g/mol. The summed E-state index contributed by atoms with van der Waals surface area (Å²) in [6, 6.07) is 3.46. The van der Waals surface area contributed by atoms with E-state index in [-0.39, 0.29) is 11.9 Å². The van der Waals surface area contributed by atoms with Gasteiger partial charge in [-0.2, -0.15) is 0 Å². The molecule has 5 nitrogen and oxygen atoms in total. The highest BCUT2D eigenvalue weighted by atomic mass is 32.1. The molecule has 3 N–H and O–H groups in total. The Morgan fingerprint density at radius 3 is 3.05 bits per heavy atom. The van der Waals surface area contributed by atoms with E-state index in [4.69, 9.17) is 18.0 Å². The summed E-state index contributed by atoms with van der Waals surface area (Å²) in [5, 5.41) is 2.71. The highest BCUT2D eigenvalue weighted by Crippen LogP contribution is 2.26. The fourth-order valence-corrected chi connectivity index (χ4v) is 2.60. The summed E-state index contributed by atoms with van der Waals surface area (Å²) in [5.41, 5.74) is 6.47. The number of carbonyl (C=O) groups is 1. The number of anilines is 1. The summed E-state index contributed by atoms with van der Waals surface area (Å²) < 4.78 is 0. The number of hydrogen-bond acceptors (Lipinski definition) is 4. The van der Waals surface area contributed by atoms with Crippen molar-refractivity contribution >= 4 is 28.9 Å². The highest BCUT2D eigenvalue weighted by molar-refractivity contribution is 7.80. The first-order valence-electron chi connectivity index (χ1n) is 6.38. The maximum atomic E-state index is 12.0. The number of likely N-dealkylation sites (N-methyl/N-ethyl adjacent to an activating group) is 1. The van der Waals surface area contributed by atoms with Crippen LogP contribution in [0.2, 0.25) is 0 Å². The third kappa shape index (κ3) is 2.84. The minimum atomic E-state index is -0.193. The fourth-order valence-electron chi connectivity index (χ4n) is 2.44.